The summed E-state index contributed by atoms with van der Waals surface area (Å²) >= 11 is 0. The molecule has 19 nitrogen and oxygen atoms in total. The van der Waals surface area contributed by atoms with Gasteiger partial charge in [-0.05, 0) is 57.8 Å². The molecular weight excluding hydrogens is 1330 g/mol. The van der Waals surface area contributed by atoms with Gasteiger partial charge < -0.3 is 89.9 Å². The Labute approximate surface area is 638 Å². The average molecular weight is 1500 g/mol. The Morgan fingerprint density at radius 1 is 0.333 bits per heavy atom. The van der Waals surface area contributed by atoms with E-state index in [0.29, 0.717) is 12.8 Å². The molecule has 618 valence electrons. The molecule has 3 rings (SSSR count). The minimum atomic E-state index is -1.98. The molecule has 0 aromatic carbocycles. The molecule has 3 fully saturated rings. The van der Waals surface area contributed by atoms with Crippen LogP contribution >= 0.6 is 0 Å². The van der Waals surface area contributed by atoms with Crippen LogP contribution < -0.4 is 5.32 Å². The molecule has 1 amide bonds. The molecular formula is C86H161NO18. The summed E-state index contributed by atoms with van der Waals surface area (Å²) in [6.45, 7) is 1.78. The Morgan fingerprint density at radius 3 is 0.952 bits per heavy atom. The SMILES string of the molecule is CCCCCCCCCC/C=C\CCCCCCCCCCCCCCCCCCCCCCCCCC(=O)NC(COC1OC(CO)C(OC2OC(CO)C(OC3OC(CO)C(O)C(O)C3O)C(O)C2O)C(O)C1O)C(O)/C=C/CC/C=C/CCCCCCCCCCCCCCCCCCCCC. The van der Waals surface area contributed by atoms with Gasteiger partial charge in [0.2, 0.25) is 5.91 Å². The van der Waals surface area contributed by atoms with Crippen molar-refractivity contribution in [2.75, 3.05) is 26.4 Å². The molecule has 19 heteroatoms. The molecule has 12 N–H and O–H groups in total. The van der Waals surface area contributed by atoms with Crippen molar-refractivity contribution in [3.8, 4) is 0 Å². The predicted octanol–water partition coefficient (Wildman–Crippen LogP) is 15.9. The number of amides is 1. The van der Waals surface area contributed by atoms with Crippen LogP contribution in [-0.4, -0.2) is 193 Å². The fourth-order valence-electron chi connectivity index (χ4n) is 14.9. The number of aliphatic hydroxyl groups is 11. The maximum atomic E-state index is 13.5. The van der Waals surface area contributed by atoms with Gasteiger partial charge in [0.25, 0.3) is 0 Å². The number of unbranched alkanes of at least 4 members (excludes halogenated alkanes) is 51. The summed E-state index contributed by atoms with van der Waals surface area (Å²) in [4.78, 5) is 13.5. The lowest BCUT2D eigenvalue weighted by molar-refractivity contribution is -0.379. The molecule has 105 heavy (non-hydrogen) atoms. The van der Waals surface area contributed by atoms with Crippen molar-refractivity contribution in [1.82, 2.24) is 5.32 Å². The highest BCUT2D eigenvalue weighted by atomic mass is 16.8. The van der Waals surface area contributed by atoms with Crippen LogP contribution in [0.3, 0.4) is 0 Å². The van der Waals surface area contributed by atoms with Crippen molar-refractivity contribution in [2.45, 2.75) is 478 Å². The zero-order valence-electron chi connectivity index (χ0n) is 66.5. The van der Waals surface area contributed by atoms with Crippen molar-refractivity contribution in [2.24, 2.45) is 0 Å². The quantitative estimate of drug-likeness (QED) is 0.0199. The molecule has 3 saturated heterocycles. The highest BCUT2D eigenvalue weighted by Gasteiger charge is 2.54. The van der Waals surface area contributed by atoms with Crippen LogP contribution in [0, 0.1) is 0 Å². The standard InChI is InChI=1S/C86H161NO18/c1-3-5-7-9-11-13-15-17-19-21-23-25-27-29-30-31-32-33-34-35-36-37-38-40-42-44-46-48-50-52-54-56-58-60-62-64-74(92)87-69(70(91)63-61-59-57-55-53-51-49-47-45-43-41-39-28-26-24-22-20-18-16-14-12-10-8-6-4-2)68-100-84-80(98)77(95)82(72(66-89)102-84)105-86-81(99)78(96)83(73(67-90)103-86)104-85-79(97)76(94)75(93)71(65-88)101-85/h21,23,53,55,61,63,69-73,75-86,88-91,93-99H,3-20,22,24-52,54,56-60,62,64-68H2,1-2H3,(H,87,92)/b23-21-,55-53+,63-61+. The topological polar surface area (TPSA) is 307 Å². The Hall–Kier alpha value is -1.99. The second-order valence-corrected chi connectivity index (χ2v) is 31.3. The molecule has 0 aromatic heterocycles. The van der Waals surface area contributed by atoms with Gasteiger partial charge in [-0.25, -0.2) is 0 Å². The first kappa shape index (κ1) is 97.2. The van der Waals surface area contributed by atoms with E-state index >= 15 is 0 Å². The predicted molar refractivity (Wildman–Crippen MR) is 420 cm³/mol. The van der Waals surface area contributed by atoms with E-state index in [9.17, 15) is 61.0 Å². The molecule has 3 heterocycles. The van der Waals surface area contributed by atoms with E-state index in [0.717, 1.165) is 38.5 Å². The number of nitrogens with one attached hydrogen (secondary N) is 1. The normalized spacial score (nSPS) is 25.9. The van der Waals surface area contributed by atoms with Gasteiger partial charge in [0.1, 0.15) is 73.2 Å². The van der Waals surface area contributed by atoms with E-state index < -0.39 is 124 Å². The van der Waals surface area contributed by atoms with Crippen LogP contribution in [-0.2, 0) is 33.2 Å². The van der Waals surface area contributed by atoms with Gasteiger partial charge in [0.05, 0.1) is 38.6 Å². The van der Waals surface area contributed by atoms with Gasteiger partial charge >= 0.3 is 0 Å². The highest BCUT2D eigenvalue weighted by molar-refractivity contribution is 5.76. The second kappa shape index (κ2) is 66.6. The summed E-state index contributed by atoms with van der Waals surface area (Å²) in [7, 11) is 0. The lowest BCUT2D eigenvalue weighted by atomic mass is 9.96. The summed E-state index contributed by atoms with van der Waals surface area (Å²) < 4.78 is 34.5. The third kappa shape index (κ3) is 46.0. The Kier molecular flexibility index (Phi) is 61.7. The molecule has 0 aromatic rings. The monoisotopic (exact) mass is 1500 g/mol. The van der Waals surface area contributed by atoms with Gasteiger partial charge in [0, 0.05) is 6.42 Å². The maximum absolute atomic E-state index is 13.5. The fraction of sp³-hybridized carbons (Fsp3) is 0.919. The summed E-state index contributed by atoms with van der Waals surface area (Å²) in [6.07, 6.45) is 57.3. The summed E-state index contributed by atoms with van der Waals surface area (Å²) in [5, 5.41) is 121. The summed E-state index contributed by atoms with van der Waals surface area (Å²) in [6, 6.07) is -0.990. The number of allylic oxidation sites excluding steroid dienone is 5. The van der Waals surface area contributed by atoms with Crippen LogP contribution in [0.4, 0.5) is 0 Å². The van der Waals surface area contributed by atoms with Gasteiger partial charge in [-0.1, -0.05) is 346 Å². The van der Waals surface area contributed by atoms with Crippen LogP contribution in [0.25, 0.3) is 0 Å². The van der Waals surface area contributed by atoms with E-state index in [4.69, 9.17) is 28.4 Å². The number of ether oxygens (including phenoxy) is 6. The minimum absolute atomic E-state index is 0.240. The Bertz CT molecular complexity index is 2030. The van der Waals surface area contributed by atoms with E-state index in [2.05, 4.69) is 43.5 Å². The number of rotatable bonds is 71. The molecule has 17 atom stereocenters. The zero-order valence-corrected chi connectivity index (χ0v) is 66.5. The average Bonchev–Trinajstić information content (AvgIpc) is 0.781. The first-order valence-corrected chi connectivity index (χ1v) is 43.7. The van der Waals surface area contributed by atoms with E-state index in [-0.39, 0.29) is 18.9 Å². The van der Waals surface area contributed by atoms with Crippen molar-refractivity contribution in [3.05, 3.63) is 36.5 Å². The third-order valence-electron chi connectivity index (χ3n) is 21.9. The van der Waals surface area contributed by atoms with Crippen molar-refractivity contribution in [3.63, 3.8) is 0 Å². The Balaban J connectivity index is 1.34. The van der Waals surface area contributed by atoms with Gasteiger partial charge in [-0.3, -0.25) is 4.79 Å². The largest absolute Gasteiger partial charge is 0.394 e. The number of hydrogen-bond acceptors (Lipinski definition) is 18. The number of aliphatic hydroxyl groups excluding tert-OH is 11. The summed E-state index contributed by atoms with van der Waals surface area (Å²) in [5.41, 5.74) is 0. The number of carbonyl (C=O) groups is 1. The zero-order chi connectivity index (χ0) is 76.0. The van der Waals surface area contributed by atoms with Crippen LogP contribution in [0.15, 0.2) is 36.5 Å². The van der Waals surface area contributed by atoms with Crippen molar-refractivity contribution >= 4 is 5.91 Å². The molecule has 0 radical (unpaired) electrons. The van der Waals surface area contributed by atoms with E-state index in [1.165, 1.54) is 302 Å². The van der Waals surface area contributed by atoms with Crippen molar-refractivity contribution in [1.29, 1.82) is 0 Å². The first-order chi connectivity index (χ1) is 51.3. The molecule has 3 aliphatic heterocycles. The molecule has 0 aliphatic carbocycles. The molecule has 3 aliphatic rings. The van der Waals surface area contributed by atoms with E-state index in [1.54, 1.807) is 6.08 Å². The van der Waals surface area contributed by atoms with E-state index in [1.807, 2.05) is 6.08 Å². The smallest absolute Gasteiger partial charge is 0.220 e. The lowest BCUT2D eigenvalue weighted by Crippen LogP contribution is -2.66. The summed E-state index contributed by atoms with van der Waals surface area (Å²) in [5.74, 6) is -0.277. The molecule has 0 saturated carbocycles. The van der Waals surface area contributed by atoms with Gasteiger partial charge in [-0.15, -0.1) is 0 Å². The first-order valence-electron chi connectivity index (χ1n) is 43.7. The van der Waals surface area contributed by atoms with Crippen molar-refractivity contribution < 1.29 is 89.4 Å². The lowest BCUT2D eigenvalue weighted by Gasteiger charge is -2.48. The number of carbonyl (C=O) groups excluding carboxylic acids is 1. The van der Waals surface area contributed by atoms with Gasteiger partial charge in [0.15, 0.2) is 18.9 Å². The molecule has 0 spiro atoms. The van der Waals surface area contributed by atoms with Crippen LogP contribution in [0.2, 0.25) is 0 Å². The minimum Gasteiger partial charge on any atom is -0.394 e. The second-order valence-electron chi connectivity index (χ2n) is 31.3. The Morgan fingerprint density at radius 2 is 0.610 bits per heavy atom. The molecule has 17 unspecified atom stereocenters. The highest BCUT2D eigenvalue weighted by Crippen LogP contribution is 2.33. The third-order valence-corrected chi connectivity index (χ3v) is 21.9. The van der Waals surface area contributed by atoms with Crippen LogP contribution in [0.1, 0.15) is 373 Å². The number of hydrogen-bond donors (Lipinski definition) is 12. The molecule has 0 bridgehead atoms. The fourth-order valence-corrected chi connectivity index (χ4v) is 14.9. The van der Waals surface area contributed by atoms with Gasteiger partial charge in [-0.2, -0.15) is 0 Å². The maximum Gasteiger partial charge on any atom is 0.220 e. The van der Waals surface area contributed by atoms with Crippen LogP contribution in [0.5, 0.6) is 0 Å².